The molecule has 5 nitrogen and oxygen atoms in total. The Bertz CT molecular complexity index is 502. The number of aryl methyl sites for hydroxylation is 1. The summed E-state index contributed by atoms with van der Waals surface area (Å²) in [5.74, 6) is -0.113. The van der Waals surface area contributed by atoms with Crippen LogP contribution in [0.25, 0.3) is 0 Å². The molecule has 0 spiro atoms. The van der Waals surface area contributed by atoms with Crippen molar-refractivity contribution >= 4 is 29.2 Å². The predicted molar refractivity (Wildman–Crippen MR) is 68.3 cm³/mol. The molecule has 1 aromatic rings. The average molecular weight is 269 g/mol. The lowest BCUT2D eigenvalue weighted by Gasteiger charge is -2.11. The van der Waals surface area contributed by atoms with Crippen LogP contribution in [0.3, 0.4) is 0 Å². The Labute approximate surface area is 109 Å². The number of anilines is 1. The smallest absolute Gasteiger partial charge is 0.326 e. The molecule has 1 aliphatic heterocycles. The molecule has 0 bridgehead atoms. The molecule has 1 aromatic carbocycles. The van der Waals surface area contributed by atoms with Crippen LogP contribution in [0.4, 0.5) is 10.5 Å². The predicted octanol–water partition coefficient (Wildman–Crippen LogP) is 1.82. The number of imide groups is 1. The molecule has 96 valence electrons. The van der Waals surface area contributed by atoms with Crippen molar-refractivity contribution < 1.29 is 14.3 Å². The van der Waals surface area contributed by atoms with Gasteiger partial charge in [-0.25, -0.2) is 4.79 Å². The van der Waals surface area contributed by atoms with Gasteiger partial charge in [0, 0.05) is 12.0 Å². The average Bonchev–Trinajstić information content (AvgIpc) is 2.82. The Kier molecular flexibility index (Phi) is 3.72. The molecule has 0 aliphatic carbocycles. The molecule has 1 aliphatic rings. The van der Waals surface area contributed by atoms with Crippen LogP contribution in [0.5, 0.6) is 5.75 Å². The monoisotopic (exact) mass is 268 g/mol. The topological polar surface area (TPSA) is 67.4 Å². The van der Waals surface area contributed by atoms with E-state index in [9.17, 15) is 9.59 Å². The van der Waals surface area contributed by atoms with Gasteiger partial charge >= 0.3 is 6.03 Å². The Morgan fingerprint density at radius 2 is 2.22 bits per heavy atom. The summed E-state index contributed by atoms with van der Waals surface area (Å²) in [6.45, 7) is 2.60. The molecule has 0 atom stereocenters. The first kappa shape index (κ1) is 12.7. The number of benzene rings is 1. The van der Waals surface area contributed by atoms with Crippen LogP contribution in [-0.2, 0) is 11.2 Å². The van der Waals surface area contributed by atoms with Crippen LogP contribution < -0.4 is 15.4 Å². The highest BCUT2D eigenvalue weighted by Gasteiger charge is 2.20. The number of urea groups is 1. The van der Waals surface area contributed by atoms with Gasteiger partial charge in [-0.05, 0) is 18.6 Å². The minimum atomic E-state index is -0.609. The molecule has 0 saturated carbocycles. The number of ether oxygens (including phenoxy) is 1. The van der Waals surface area contributed by atoms with Crippen molar-refractivity contribution in [2.45, 2.75) is 13.3 Å². The first-order chi connectivity index (χ1) is 8.61. The van der Waals surface area contributed by atoms with Gasteiger partial charge in [0.2, 0.25) is 5.91 Å². The number of nitrogens with one attached hydrogen (secondary N) is 2. The highest BCUT2D eigenvalue weighted by atomic mass is 35.5. The van der Waals surface area contributed by atoms with E-state index < -0.39 is 11.9 Å². The third-order valence-corrected chi connectivity index (χ3v) is 2.96. The number of fused-ring (bicyclic) bond motifs is 1. The van der Waals surface area contributed by atoms with Crippen molar-refractivity contribution in [3.05, 3.63) is 23.3 Å². The molecule has 0 saturated heterocycles. The molecule has 18 heavy (non-hydrogen) atoms. The summed E-state index contributed by atoms with van der Waals surface area (Å²) in [6.07, 6.45) is 0.832. The highest BCUT2D eigenvalue weighted by Crippen LogP contribution is 2.35. The molecule has 6 heteroatoms. The van der Waals surface area contributed by atoms with Gasteiger partial charge in [-0.2, -0.15) is 0 Å². The lowest BCUT2D eigenvalue weighted by molar-refractivity contribution is -0.117. The summed E-state index contributed by atoms with van der Waals surface area (Å²) >= 11 is 5.30. The lowest BCUT2D eigenvalue weighted by atomic mass is 10.1. The fourth-order valence-corrected chi connectivity index (χ4v) is 1.94. The van der Waals surface area contributed by atoms with E-state index in [4.69, 9.17) is 16.3 Å². The number of alkyl halides is 1. The molecular formula is C12H13ClN2O3. The van der Waals surface area contributed by atoms with E-state index in [0.29, 0.717) is 18.0 Å². The van der Waals surface area contributed by atoms with Crippen LogP contribution in [0.1, 0.15) is 11.1 Å². The standard InChI is InChI=1S/C12H13ClN2O3/c1-7-2-3-9(11-8(7)4-5-18-11)14-12(17)15-10(16)6-13/h2-3H,4-6H2,1H3,(H2,14,15,16,17). The number of halogens is 1. The molecule has 0 fully saturated rings. The summed E-state index contributed by atoms with van der Waals surface area (Å²) in [7, 11) is 0. The molecular weight excluding hydrogens is 256 g/mol. The van der Waals surface area contributed by atoms with E-state index >= 15 is 0 Å². The van der Waals surface area contributed by atoms with Crippen molar-refractivity contribution in [3.63, 3.8) is 0 Å². The van der Waals surface area contributed by atoms with E-state index in [1.54, 1.807) is 6.07 Å². The molecule has 2 rings (SSSR count). The maximum absolute atomic E-state index is 11.5. The Morgan fingerprint density at radius 3 is 2.94 bits per heavy atom. The van der Waals surface area contributed by atoms with E-state index in [2.05, 4.69) is 10.6 Å². The minimum absolute atomic E-state index is 0.254. The summed E-state index contributed by atoms with van der Waals surface area (Å²) in [4.78, 5) is 22.5. The third kappa shape index (κ3) is 2.56. The number of amides is 3. The summed E-state index contributed by atoms with van der Waals surface area (Å²) in [5.41, 5.74) is 2.79. The van der Waals surface area contributed by atoms with E-state index in [0.717, 1.165) is 17.5 Å². The lowest BCUT2D eigenvalue weighted by Crippen LogP contribution is -2.35. The van der Waals surface area contributed by atoms with Crippen LogP contribution in [0, 0.1) is 6.92 Å². The first-order valence-corrected chi connectivity index (χ1v) is 6.07. The minimum Gasteiger partial charge on any atom is -0.491 e. The number of hydrogen-bond acceptors (Lipinski definition) is 3. The van der Waals surface area contributed by atoms with Crippen molar-refractivity contribution in [2.75, 3.05) is 17.8 Å². The summed E-state index contributed by atoms with van der Waals surface area (Å²) in [5, 5.41) is 4.69. The second-order valence-corrected chi connectivity index (χ2v) is 4.24. The first-order valence-electron chi connectivity index (χ1n) is 5.54. The number of hydrogen-bond donors (Lipinski definition) is 2. The maximum Gasteiger partial charge on any atom is 0.326 e. The fourth-order valence-electron chi connectivity index (χ4n) is 1.87. The zero-order valence-corrected chi connectivity index (χ0v) is 10.6. The Balaban J connectivity index is 2.13. The van der Waals surface area contributed by atoms with Gasteiger partial charge in [-0.15, -0.1) is 11.6 Å². The quantitative estimate of drug-likeness (QED) is 0.804. The Hall–Kier alpha value is -1.75. The van der Waals surface area contributed by atoms with Gasteiger partial charge in [0.25, 0.3) is 0 Å². The van der Waals surface area contributed by atoms with Gasteiger partial charge < -0.3 is 10.1 Å². The van der Waals surface area contributed by atoms with E-state index in [-0.39, 0.29) is 5.88 Å². The summed E-state index contributed by atoms with van der Waals surface area (Å²) in [6, 6.07) is 3.05. The van der Waals surface area contributed by atoms with Crippen molar-refractivity contribution in [3.8, 4) is 5.75 Å². The highest BCUT2D eigenvalue weighted by molar-refractivity contribution is 6.28. The van der Waals surface area contributed by atoms with Crippen molar-refractivity contribution in [1.29, 1.82) is 0 Å². The van der Waals surface area contributed by atoms with E-state index in [1.165, 1.54) is 0 Å². The molecule has 0 radical (unpaired) electrons. The van der Waals surface area contributed by atoms with E-state index in [1.807, 2.05) is 13.0 Å². The molecule has 1 heterocycles. The summed E-state index contributed by atoms with van der Waals surface area (Å²) < 4.78 is 5.49. The molecule has 0 unspecified atom stereocenters. The van der Waals surface area contributed by atoms with Crippen molar-refractivity contribution in [2.24, 2.45) is 0 Å². The number of rotatable bonds is 2. The fraction of sp³-hybridized carbons (Fsp3) is 0.333. The van der Waals surface area contributed by atoms with Gasteiger partial charge in [-0.3, -0.25) is 10.1 Å². The third-order valence-electron chi connectivity index (χ3n) is 2.72. The zero-order chi connectivity index (χ0) is 13.1. The molecule has 0 aromatic heterocycles. The van der Waals surface area contributed by atoms with Gasteiger partial charge in [0.05, 0.1) is 12.3 Å². The van der Waals surface area contributed by atoms with Crippen LogP contribution in [0.15, 0.2) is 12.1 Å². The Morgan fingerprint density at radius 1 is 1.44 bits per heavy atom. The van der Waals surface area contributed by atoms with Gasteiger partial charge in [0.1, 0.15) is 11.6 Å². The maximum atomic E-state index is 11.5. The molecule has 3 amide bonds. The van der Waals surface area contributed by atoms with Gasteiger partial charge in [-0.1, -0.05) is 6.07 Å². The second-order valence-electron chi connectivity index (χ2n) is 3.97. The largest absolute Gasteiger partial charge is 0.491 e. The number of carbonyl (C=O) groups excluding carboxylic acids is 2. The zero-order valence-electron chi connectivity index (χ0n) is 9.88. The van der Waals surface area contributed by atoms with Crippen molar-refractivity contribution in [1.82, 2.24) is 5.32 Å². The van der Waals surface area contributed by atoms with Crippen LogP contribution >= 0.6 is 11.6 Å². The van der Waals surface area contributed by atoms with Crippen LogP contribution in [-0.4, -0.2) is 24.4 Å². The van der Waals surface area contributed by atoms with Crippen LogP contribution in [0.2, 0.25) is 0 Å². The second kappa shape index (κ2) is 5.27. The molecule has 2 N–H and O–H groups in total. The SMILES string of the molecule is Cc1ccc(NC(=O)NC(=O)CCl)c2c1CCO2. The van der Waals surface area contributed by atoms with Gasteiger partial charge in [0.15, 0.2) is 0 Å². The normalized spacial score (nSPS) is 12.6. The number of carbonyl (C=O) groups is 2.